The van der Waals surface area contributed by atoms with Crippen molar-refractivity contribution in [3.8, 4) is 11.5 Å². The molecule has 6 heteroatoms. The maximum absolute atomic E-state index is 9.53. The van der Waals surface area contributed by atoms with Crippen LogP contribution in [0.2, 0.25) is 5.02 Å². The van der Waals surface area contributed by atoms with Gasteiger partial charge in [-0.3, -0.25) is 9.42 Å². The zero-order chi connectivity index (χ0) is 9.47. The molecule has 1 heterocycles. The summed E-state index contributed by atoms with van der Waals surface area (Å²) < 4.78 is 14.8. The molecule has 1 unspecified atom stereocenters. The fraction of sp³-hybridized carbons (Fsp3) is 0.143. The molecular formula is C7H7ClO4P. The molecule has 0 fully saturated rings. The third-order valence-electron chi connectivity index (χ3n) is 1.58. The van der Waals surface area contributed by atoms with Crippen LogP contribution in [-0.2, 0) is 4.52 Å². The van der Waals surface area contributed by atoms with Crippen LogP contribution in [0.15, 0.2) is 18.2 Å². The third-order valence-corrected chi connectivity index (χ3v) is 3.18. The molecule has 0 aliphatic carbocycles. The SMILES string of the molecule is CO[P]1(O)Oc2cccc(Cl)c2O1. The van der Waals surface area contributed by atoms with Crippen molar-refractivity contribution in [2.45, 2.75) is 0 Å². The highest BCUT2D eigenvalue weighted by atomic mass is 35.5. The number of para-hydroxylation sites is 1. The van der Waals surface area contributed by atoms with Gasteiger partial charge >= 0.3 is 8.17 Å². The van der Waals surface area contributed by atoms with E-state index in [1.54, 1.807) is 18.2 Å². The summed E-state index contributed by atoms with van der Waals surface area (Å²) in [6.07, 6.45) is 0. The molecule has 71 valence electrons. The highest BCUT2D eigenvalue weighted by Gasteiger charge is 2.41. The molecule has 0 saturated carbocycles. The van der Waals surface area contributed by atoms with E-state index >= 15 is 0 Å². The largest absolute Gasteiger partial charge is 0.491 e. The van der Waals surface area contributed by atoms with Gasteiger partial charge in [0.15, 0.2) is 11.5 Å². The monoisotopic (exact) mass is 221 g/mol. The predicted molar refractivity (Wildman–Crippen MR) is 48.9 cm³/mol. The molecular weight excluding hydrogens is 214 g/mol. The Kier molecular flexibility index (Phi) is 2.08. The van der Waals surface area contributed by atoms with Crippen LogP contribution in [0, 0.1) is 0 Å². The lowest BCUT2D eigenvalue weighted by molar-refractivity contribution is 0.234. The summed E-state index contributed by atoms with van der Waals surface area (Å²) in [5.74, 6) is 0.743. The third kappa shape index (κ3) is 1.46. The number of hydrogen-bond donors (Lipinski definition) is 1. The maximum Gasteiger partial charge on any atom is 0.491 e. The van der Waals surface area contributed by atoms with Crippen molar-refractivity contribution in [3.63, 3.8) is 0 Å². The lowest BCUT2D eigenvalue weighted by Gasteiger charge is -2.16. The van der Waals surface area contributed by atoms with Crippen molar-refractivity contribution < 1.29 is 18.5 Å². The van der Waals surface area contributed by atoms with E-state index in [0.717, 1.165) is 0 Å². The first-order chi connectivity index (χ1) is 6.14. The highest BCUT2D eigenvalue weighted by Crippen LogP contribution is 2.65. The molecule has 1 N–H and O–H groups in total. The normalized spacial score (nSPS) is 24.8. The molecule has 0 bridgehead atoms. The second kappa shape index (κ2) is 3.00. The highest BCUT2D eigenvalue weighted by molar-refractivity contribution is 7.56. The summed E-state index contributed by atoms with van der Waals surface area (Å²) in [4.78, 5) is 9.53. The topological polar surface area (TPSA) is 47.9 Å². The van der Waals surface area contributed by atoms with Crippen LogP contribution in [0.1, 0.15) is 0 Å². The summed E-state index contributed by atoms with van der Waals surface area (Å²) in [6, 6.07) is 5.00. The number of fused-ring (bicyclic) bond motifs is 1. The lowest BCUT2D eigenvalue weighted by Crippen LogP contribution is -2.01. The Hall–Kier alpha value is -0.540. The van der Waals surface area contributed by atoms with Gasteiger partial charge in [0.1, 0.15) is 0 Å². The quantitative estimate of drug-likeness (QED) is 0.740. The molecule has 1 aromatic rings. The van der Waals surface area contributed by atoms with Gasteiger partial charge in [-0.1, -0.05) is 17.7 Å². The van der Waals surface area contributed by atoms with Gasteiger partial charge in [-0.15, -0.1) is 0 Å². The van der Waals surface area contributed by atoms with Crippen LogP contribution >= 0.6 is 19.8 Å². The standard InChI is InChI=1S/C7H7ClO4P/c1-10-13(9)11-6-4-2-3-5(8)7(6)12-13/h2-4,9H,1H3. The summed E-state index contributed by atoms with van der Waals surface area (Å²) in [5, 5.41) is 0.394. The Morgan fingerprint density at radius 2 is 2.23 bits per heavy atom. The molecule has 0 saturated heterocycles. The summed E-state index contributed by atoms with van der Waals surface area (Å²) in [7, 11) is -1.88. The Labute approximate surface area is 80.7 Å². The maximum atomic E-state index is 9.53. The van der Waals surface area contributed by atoms with Gasteiger partial charge in [0.05, 0.1) is 5.02 Å². The molecule has 1 atom stereocenters. The smallest absolute Gasteiger partial charge is 0.402 e. The second-order valence-electron chi connectivity index (χ2n) is 2.40. The van der Waals surface area contributed by atoms with Crippen molar-refractivity contribution in [1.29, 1.82) is 0 Å². The van der Waals surface area contributed by atoms with Crippen molar-refractivity contribution >= 4 is 19.8 Å². The number of hydrogen-bond acceptors (Lipinski definition) is 4. The van der Waals surface area contributed by atoms with Crippen molar-refractivity contribution in [2.24, 2.45) is 0 Å². The van der Waals surface area contributed by atoms with Gasteiger partial charge in [-0.25, -0.2) is 0 Å². The minimum absolute atomic E-state index is 0.335. The number of benzene rings is 1. The molecule has 0 aromatic heterocycles. The fourth-order valence-electron chi connectivity index (χ4n) is 0.982. The first-order valence-electron chi connectivity index (χ1n) is 3.50. The van der Waals surface area contributed by atoms with Gasteiger partial charge in [0.2, 0.25) is 0 Å². The number of rotatable bonds is 1. The minimum Gasteiger partial charge on any atom is -0.402 e. The van der Waals surface area contributed by atoms with Crippen LogP contribution < -0.4 is 9.05 Å². The average Bonchev–Trinajstić information content (AvgIpc) is 2.45. The molecule has 0 amide bonds. The lowest BCUT2D eigenvalue weighted by atomic mass is 10.3. The van der Waals surface area contributed by atoms with Crippen LogP contribution in [0.5, 0.6) is 11.5 Å². The minimum atomic E-state index is -3.19. The molecule has 1 aliphatic rings. The van der Waals surface area contributed by atoms with E-state index in [2.05, 4.69) is 0 Å². The Bertz CT molecular complexity index is 345. The van der Waals surface area contributed by atoms with E-state index in [1.807, 2.05) is 0 Å². The van der Waals surface area contributed by atoms with E-state index in [0.29, 0.717) is 16.5 Å². The van der Waals surface area contributed by atoms with Gasteiger partial charge in [0.25, 0.3) is 0 Å². The summed E-state index contributed by atoms with van der Waals surface area (Å²) in [5.41, 5.74) is 0. The first kappa shape index (κ1) is 9.03. The van der Waals surface area contributed by atoms with E-state index in [-0.39, 0.29) is 0 Å². The van der Waals surface area contributed by atoms with Crippen LogP contribution in [0.25, 0.3) is 0 Å². The van der Waals surface area contributed by atoms with E-state index in [4.69, 9.17) is 25.2 Å². The van der Waals surface area contributed by atoms with Crippen LogP contribution in [0.4, 0.5) is 0 Å². The zero-order valence-corrected chi connectivity index (χ0v) is 8.38. The molecule has 2 rings (SSSR count). The first-order valence-corrected chi connectivity index (χ1v) is 5.37. The average molecular weight is 222 g/mol. The van der Waals surface area contributed by atoms with Crippen LogP contribution in [0.3, 0.4) is 0 Å². The predicted octanol–water partition coefficient (Wildman–Crippen LogP) is 2.43. The molecule has 1 aromatic carbocycles. The van der Waals surface area contributed by atoms with Gasteiger partial charge in [0, 0.05) is 7.11 Å². The Balaban J connectivity index is 2.40. The molecule has 13 heavy (non-hydrogen) atoms. The Morgan fingerprint density at radius 3 is 2.85 bits per heavy atom. The summed E-state index contributed by atoms with van der Waals surface area (Å²) >= 11 is 5.80. The fourth-order valence-corrected chi connectivity index (χ4v) is 2.24. The van der Waals surface area contributed by atoms with Crippen molar-refractivity contribution in [1.82, 2.24) is 0 Å². The summed E-state index contributed by atoms with van der Waals surface area (Å²) in [6.45, 7) is 0. The van der Waals surface area contributed by atoms with Crippen molar-refractivity contribution in [2.75, 3.05) is 7.11 Å². The van der Waals surface area contributed by atoms with E-state index < -0.39 is 8.17 Å². The number of halogens is 1. The molecule has 1 radical (unpaired) electrons. The van der Waals surface area contributed by atoms with Gasteiger partial charge < -0.3 is 9.05 Å². The van der Waals surface area contributed by atoms with E-state index in [1.165, 1.54) is 7.11 Å². The molecule has 4 nitrogen and oxygen atoms in total. The van der Waals surface area contributed by atoms with Crippen molar-refractivity contribution in [3.05, 3.63) is 23.2 Å². The zero-order valence-electron chi connectivity index (χ0n) is 6.73. The molecule has 0 spiro atoms. The van der Waals surface area contributed by atoms with Gasteiger partial charge in [-0.05, 0) is 12.1 Å². The second-order valence-corrected chi connectivity index (χ2v) is 4.48. The van der Waals surface area contributed by atoms with Gasteiger partial charge in [-0.2, -0.15) is 0 Å². The van der Waals surface area contributed by atoms with E-state index in [9.17, 15) is 4.89 Å². The Morgan fingerprint density at radius 1 is 1.46 bits per heavy atom. The van der Waals surface area contributed by atoms with Crippen LogP contribution in [-0.4, -0.2) is 12.0 Å². The molecule has 1 aliphatic heterocycles.